The third-order valence-corrected chi connectivity index (χ3v) is 8.23. The third kappa shape index (κ3) is 5.10. The minimum atomic E-state index is -3.58. The first kappa shape index (κ1) is 24.2. The molecular formula is C25H30N2O6S. The summed E-state index contributed by atoms with van der Waals surface area (Å²) in [7, 11) is -3.58. The number of hydrogen-bond acceptors (Lipinski definition) is 6. The largest absolute Gasteiger partial charge is 0.465 e. The molecule has 9 heteroatoms. The summed E-state index contributed by atoms with van der Waals surface area (Å²) in [5.41, 5.74) is 2.33. The number of para-hydroxylation sites is 2. The lowest BCUT2D eigenvalue weighted by Gasteiger charge is -2.30. The fourth-order valence-electron chi connectivity index (χ4n) is 4.24. The van der Waals surface area contributed by atoms with Crippen molar-refractivity contribution in [3.63, 3.8) is 0 Å². The summed E-state index contributed by atoms with van der Waals surface area (Å²) in [6.07, 6.45) is 1.33. The molecule has 0 spiro atoms. The van der Waals surface area contributed by atoms with Crippen molar-refractivity contribution in [1.82, 2.24) is 8.87 Å². The second-order valence-corrected chi connectivity index (χ2v) is 10.8. The highest BCUT2D eigenvalue weighted by Gasteiger charge is 2.32. The van der Waals surface area contributed by atoms with Gasteiger partial charge in [0.1, 0.15) is 0 Å². The Hall–Kier alpha value is -2.91. The maximum atomic E-state index is 13.0. The summed E-state index contributed by atoms with van der Waals surface area (Å²) < 4.78 is 39.5. The van der Waals surface area contributed by atoms with Crippen LogP contribution in [-0.2, 0) is 26.1 Å². The van der Waals surface area contributed by atoms with E-state index in [4.69, 9.17) is 9.15 Å². The molecule has 0 bridgehead atoms. The Morgan fingerprint density at radius 2 is 1.76 bits per heavy atom. The summed E-state index contributed by atoms with van der Waals surface area (Å²) in [4.78, 5) is 24.8. The number of nitrogens with zero attached hydrogens (tertiary/aromatic N) is 2. The fraction of sp³-hybridized carbons (Fsp3) is 0.440. The zero-order valence-corrected chi connectivity index (χ0v) is 20.3. The van der Waals surface area contributed by atoms with Crippen LogP contribution in [-0.4, -0.2) is 43.0 Å². The van der Waals surface area contributed by atoms with Gasteiger partial charge in [-0.05, 0) is 55.0 Å². The van der Waals surface area contributed by atoms with Gasteiger partial charge >= 0.3 is 11.7 Å². The number of rotatable bonds is 8. The molecule has 4 rings (SSSR count). The van der Waals surface area contributed by atoms with E-state index >= 15 is 0 Å². The summed E-state index contributed by atoms with van der Waals surface area (Å²) in [5.74, 6) is -0.742. The highest BCUT2D eigenvalue weighted by molar-refractivity contribution is 7.89. The molecule has 8 nitrogen and oxygen atoms in total. The molecule has 2 aromatic carbocycles. The number of benzene rings is 2. The first-order chi connectivity index (χ1) is 16.3. The highest BCUT2D eigenvalue weighted by atomic mass is 32.2. The number of ether oxygens (including phenoxy) is 1. The maximum Gasteiger partial charge on any atom is 0.419 e. The van der Waals surface area contributed by atoms with Crippen molar-refractivity contribution < 1.29 is 22.4 Å². The van der Waals surface area contributed by atoms with Gasteiger partial charge in [-0.2, -0.15) is 4.31 Å². The van der Waals surface area contributed by atoms with Crippen LogP contribution in [0.4, 0.5) is 0 Å². The minimum absolute atomic E-state index is 0.186. The minimum Gasteiger partial charge on any atom is -0.465 e. The number of hydrogen-bond donors (Lipinski definition) is 0. The lowest BCUT2D eigenvalue weighted by Crippen LogP contribution is -2.40. The number of esters is 1. The highest BCUT2D eigenvalue weighted by Crippen LogP contribution is 2.26. The Labute approximate surface area is 199 Å². The smallest absolute Gasteiger partial charge is 0.419 e. The van der Waals surface area contributed by atoms with Crippen LogP contribution in [0.3, 0.4) is 0 Å². The van der Waals surface area contributed by atoms with Gasteiger partial charge in [-0.1, -0.05) is 38.1 Å². The van der Waals surface area contributed by atoms with Crippen LogP contribution >= 0.6 is 0 Å². The van der Waals surface area contributed by atoms with E-state index in [1.54, 1.807) is 24.3 Å². The van der Waals surface area contributed by atoms with Gasteiger partial charge < -0.3 is 9.15 Å². The SMILES string of the molecule is CC(C)c1ccc(S(=O)(=O)N2CCC(C(=O)OCCCn3c(=O)oc4ccccc43)CC2)cc1. The monoisotopic (exact) mass is 486 g/mol. The number of fused-ring (bicyclic) bond motifs is 1. The standard InChI is InChI=1S/C25H30N2O6S/c1-18(2)19-8-10-21(11-9-19)34(30,31)26-15-12-20(13-16-26)24(28)32-17-5-14-27-22-6-3-4-7-23(22)33-25(27)29/h3-4,6-11,18,20H,5,12-17H2,1-2H3. The Bertz CT molecular complexity index is 1300. The molecule has 0 saturated carbocycles. The van der Waals surface area contributed by atoms with E-state index in [1.165, 1.54) is 8.87 Å². The molecule has 34 heavy (non-hydrogen) atoms. The number of aromatic nitrogens is 1. The van der Waals surface area contributed by atoms with Crippen molar-refractivity contribution in [2.45, 2.75) is 50.5 Å². The molecule has 1 aliphatic heterocycles. The van der Waals surface area contributed by atoms with Crippen LogP contribution in [0.25, 0.3) is 11.1 Å². The first-order valence-corrected chi connectivity index (χ1v) is 13.1. The number of sulfonamides is 1. The van der Waals surface area contributed by atoms with E-state index < -0.39 is 15.8 Å². The van der Waals surface area contributed by atoms with Crippen molar-refractivity contribution in [1.29, 1.82) is 0 Å². The van der Waals surface area contributed by atoms with Crippen LogP contribution in [0.5, 0.6) is 0 Å². The van der Waals surface area contributed by atoms with Crippen molar-refractivity contribution in [3.8, 4) is 0 Å². The molecule has 0 atom stereocenters. The van der Waals surface area contributed by atoms with Crippen LogP contribution in [0.2, 0.25) is 0 Å². The molecule has 2 heterocycles. The summed E-state index contributed by atoms with van der Waals surface area (Å²) in [6, 6.07) is 14.2. The van der Waals surface area contributed by atoms with E-state index in [-0.39, 0.29) is 36.5 Å². The van der Waals surface area contributed by atoms with E-state index in [9.17, 15) is 18.0 Å². The lowest BCUT2D eigenvalue weighted by atomic mass is 9.98. The van der Waals surface area contributed by atoms with Gasteiger partial charge in [0.2, 0.25) is 10.0 Å². The van der Waals surface area contributed by atoms with Crippen LogP contribution in [0.1, 0.15) is 44.6 Å². The number of aryl methyl sites for hydroxylation is 1. The normalized spacial score (nSPS) is 15.7. The molecule has 0 N–H and O–H groups in total. The predicted molar refractivity (Wildman–Crippen MR) is 128 cm³/mol. The van der Waals surface area contributed by atoms with Gasteiger partial charge in [-0.3, -0.25) is 9.36 Å². The fourth-order valence-corrected chi connectivity index (χ4v) is 5.71. The molecular weight excluding hydrogens is 456 g/mol. The first-order valence-electron chi connectivity index (χ1n) is 11.6. The van der Waals surface area contributed by atoms with Gasteiger partial charge in [0.25, 0.3) is 0 Å². The molecule has 0 radical (unpaired) electrons. The average Bonchev–Trinajstić information content (AvgIpc) is 3.16. The number of carbonyl (C=O) groups is 1. The van der Waals surface area contributed by atoms with E-state index in [0.29, 0.717) is 42.8 Å². The molecule has 1 saturated heterocycles. The molecule has 0 unspecified atom stereocenters. The van der Waals surface area contributed by atoms with Crippen molar-refractivity contribution >= 4 is 27.1 Å². The topological polar surface area (TPSA) is 98.8 Å². The van der Waals surface area contributed by atoms with Crippen LogP contribution < -0.4 is 5.76 Å². The lowest BCUT2D eigenvalue weighted by molar-refractivity contribution is -0.150. The quantitative estimate of drug-likeness (QED) is 0.355. The van der Waals surface area contributed by atoms with Gasteiger partial charge in [-0.25, -0.2) is 13.2 Å². The van der Waals surface area contributed by atoms with E-state index in [0.717, 1.165) is 5.56 Å². The van der Waals surface area contributed by atoms with Gasteiger partial charge in [0, 0.05) is 19.6 Å². The van der Waals surface area contributed by atoms with Crippen LogP contribution in [0.15, 0.2) is 62.6 Å². The van der Waals surface area contributed by atoms with Crippen molar-refractivity contribution in [3.05, 3.63) is 64.6 Å². The molecule has 182 valence electrons. The van der Waals surface area contributed by atoms with Crippen molar-refractivity contribution in [2.75, 3.05) is 19.7 Å². The molecule has 1 aliphatic rings. The molecule has 0 aliphatic carbocycles. The van der Waals surface area contributed by atoms with Gasteiger partial charge in [0.15, 0.2) is 5.58 Å². The molecule has 1 fully saturated rings. The third-order valence-electron chi connectivity index (χ3n) is 6.32. The maximum absolute atomic E-state index is 13.0. The van der Waals surface area contributed by atoms with Gasteiger partial charge in [-0.15, -0.1) is 0 Å². The zero-order chi connectivity index (χ0) is 24.3. The molecule has 0 amide bonds. The number of carbonyl (C=O) groups excluding carboxylic acids is 1. The zero-order valence-electron chi connectivity index (χ0n) is 19.5. The predicted octanol–water partition coefficient (Wildman–Crippen LogP) is 3.75. The Kier molecular flexibility index (Phi) is 7.23. The summed E-state index contributed by atoms with van der Waals surface area (Å²) in [5, 5.41) is 0. The Morgan fingerprint density at radius 1 is 1.09 bits per heavy atom. The Morgan fingerprint density at radius 3 is 2.44 bits per heavy atom. The van der Waals surface area contributed by atoms with Crippen LogP contribution in [0, 0.1) is 5.92 Å². The van der Waals surface area contributed by atoms with E-state index in [1.807, 2.05) is 24.3 Å². The summed E-state index contributed by atoms with van der Waals surface area (Å²) in [6.45, 7) is 5.26. The van der Waals surface area contributed by atoms with E-state index in [2.05, 4.69) is 13.8 Å². The van der Waals surface area contributed by atoms with Gasteiger partial charge in [0.05, 0.1) is 22.9 Å². The Balaban J connectivity index is 1.25. The molecule has 1 aromatic heterocycles. The number of piperidine rings is 1. The number of oxazole rings is 1. The molecule has 3 aromatic rings. The second kappa shape index (κ2) is 10.1. The average molecular weight is 487 g/mol. The second-order valence-electron chi connectivity index (χ2n) is 8.91. The summed E-state index contributed by atoms with van der Waals surface area (Å²) >= 11 is 0. The van der Waals surface area contributed by atoms with Crippen molar-refractivity contribution in [2.24, 2.45) is 5.92 Å².